The summed E-state index contributed by atoms with van der Waals surface area (Å²) in [6.07, 6.45) is -0.642. The van der Waals surface area contributed by atoms with E-state index in [4.69, 9.17) is 0 Å². The molecule has 3 aromatic carbocycles. The van der Waals surface area contributed by atoms with E-state index in [1.54, 1.807) is 12.1 Å². The summed E-state index contributed by atoms with van der Waals surface area (Å²) in [4.78, 5) is 10.3. The molecule has 8 heteroatoms. The highest BCUT2D eigenvalue weighted by Gasteiger charge is 2.15. The summed E-state index contributed by atoms with van der Waals surface area (Å²) in [5, 5.41) is 26.8. The minimum atomic E-state index is -0.642. The predicted octanol–water partition coefficient (Wildman–Crippen LogP) is 5.70. The van der Waals surface area contributed by atoms with E-state index in [0.717, 1.165) is 36.4 Å². The molecule has 0 radical (unpaired) electrons. The fraction of sp³-hybridized carbons (Fsp3) is 0.143. The first-order valence-electron chi connectivity index (χ1n) is 8.96. The molecule has 4 aromatic rings. The topological polar surface area (TPSA) is 80.3 Å². The average molecular weight is 519 g/mol. The molecule has 0 spiro atoms. The summed E-state index contributed by atoms with van der Waals surface area (Å²) in [6.45, 7) is 0.745. The molecule has 1 atom stereocenters. The van der Waals surface area contributed by atoms with Gasteiger partial charge < -0.3 is 15.0 Å². The molecule has 2 N–H and O–H groups in total. The highest BCUT2D eigenvalue weighted by molar-refractivity contribution is 9.10. The van der Waals surface area contributed by atoms with Gasteiger partial charge in [-0.25, -0.2) is 0 Å². The molecule has 0 bridgehead atoms. The van der Waals surface area contributed by atoms with Crippen LogP contribution in [0.3, 0.4) is 0 Å². The fourth-order valence-electron chi connectivity index (χ4n) is 3.46. The summed E-state index contributed by atoms with van der Waals surface area (Å²) in [5.74, 6) is 0. The maximum absolute atomic E-state index is 10.7. The number of nitro benzene ring substituents is 1. The molecular weight excluding hydrogens is 502 g/mol. The summed E-state index contributed by atoms with van der Waals surface area (Å²) in [6, 6.07) is 18.4. The molecule has 0 saturated heterocycles. The van der Waals surface area contributed by atoms with E-state index < -0.39 is 11.0 Å². The van der Waals surface area contributed by atoms with Gasteiger partial charge in [0.25, 0.3) is 5.69 Å². The number of benzene rings is 3. The smallest absolute Gasteiger partial charge is 0.269 e. The van der Waals surface area contributed by atoms with Gasteiger partial charge >= 0.3 is 0 Å². The number of halogens is 2. The van der Waals surface area contributed by atoms with E-state index in [2.05, 4.69) is 53.9 Å². The van der Waals surface area contributed by atoms with Gasteiger partial charge in [0, 0.05) is 55.1 Å². The maximum atomic E-state index is 10.7. The second-order valence-electron chi connectivity index (χ2n) is 6.77. The second-order valence-corrected chi connectivity index (χ2v) is 8.60. The van der Waals surface area contributed by atoms with Gasteiger partial charge in [0.15, 0.2) is 0 Å². The monoisotopic (exact) mass is 517 g/mol. The molecule has 0 fully saturated rings. The Bertz CT molecular complexity index is 1150. The molecule has 1 aromatic heterocycles. The normalized spacial score (nSPS) is 12.4. The van der Waals surface area contributed by atoms with Gasteiger partial charge in [-0.3, -0.25) is 10.1 Å². The summed E-state index contributed by atoms with van der Waals surface area (Å²) in [5.41, 5.74) is 2.87. The minimum Gasteiger partial charge on any atom is -0.389 e. The highest BCUT2D eigenvalue weighted by atomic mass is 79.9. The number of fused-ring (bicyclic) bond motifs is 3. The third kappa shape index (κ3) is 4.14. The zero-order valence-corrected chi connectivity index (χ0v) is 18.4. The molecule has 29 heavy (non-hydrogen) atoms. The summed E-state index contributed by atoms with van der Waals surface area (Å²) >= 11 is 7.08. The molecule has 0 aliphatic heterocycles. The van der Waals surface area contributed by atoms with Gasteiger partial charge in [0.2, 0.25) is 0 Å². The van der Waals surface area contributed by atoms with E-state index in [1.807, 2.05) is 24.3 Å². The van der Waals surface area contributed by atoms with Gasteiger partial charge in [-0.15, -0.1) is 0 Å². The number of nitrogens with one attached hydrogen (secondary N) is 1. The standard InChI is InChI=1S/C21H17Br2N3O3/c22-13-1-7-20-18(9-13)19-10-14(23)2-8-21(19)25(20)12-17(27)11-24-15-3-5-16(6-4-15)26(28)29/h1-10,17,24,27H,11-12H2. The number of hydrogen-bond donors (Lipinski definition) is 2. The van der Waals surface area contributed by atoms with Crippen LogP contribution in [0, 0.1) is 10.1 Å². The highest BCUT2D eigenvalue weighted by Crippen LogP contribution is 2.33. The third-order valence-corrected chi connectivity index (χ3v) is 5.79. The lowest BCUT2D eigenvalue weighted by atomic mass is 10.2. The molecule has 0 aliphatic rings. The predicted molar refractivity (Wildman–Crippen MR) is 122 cm³/mol. The van der Waals surface area contributed by atoms with Gasteiger partial charge in [-0.05, 0) is 48.5 Å². The van der Waals surface area contributed by atoms with Gasteiger partial charge in [-0.1, -0.05) is 31.9 Å². The third-order valence-electron chi connectivity index (χ3n) is 4.80. The Balaban J connectivity index is 1.57. The van der Waals surface area contributed by atoms with Crippen molar-refractivity contribution in [2.75, 3.05) is 11.9 Å². The van der Waals surface area contributed by atoms with Crippen LogP contribution in [0.25, 0.3) is 21.8 Å². The molecule has 6 nitrogen and oxygen atoms in total. The Labute approximate surface area is 183 Å². The van der Waals surface area contributed by atoms with Crippen molar-refractivity contribution in [1.29, 1.82) is 0 Å². The van der Waals surface area contributed by atoms with Crippen molar-refractivity contribution < 1.29 is 10.0 Å². The largest absolute Gasteiger partial charge is 0.389 e. The van der Waals surface area contributed by atoms with E-state index in [9.17, 15) is 15.2 Å². The molecule has 148 valence electrons. The van der Waals surface area contributed by atoms with Crippen LogP contribution < -0.4 is 5.32 Å². The van der Waals surface area contributed by atoms with Gasteiger partial charge in [0.1, 0.15) is 0 Å². The van der Waals surface area contributed by atoms with E-state index in [-0.39, 0.29) is 5.69 Å². The van der Waals surface area contributed by atoms with Crippen molar-refractivity contribution in [3.8, 4) is 0 Å². The van der Waals surface area contributed by atoms with Crippen LogP contribution in [0.1, 0.15) is 0 Å². The Morgan fingerprint density at radius 2 is 1.52 bits per heavy atom. The molecule has 1 unspecified atom stereocenters. The number of hydrogen-bond acceptors (Lipinski definition) is 4. The molecular formula is C21H17Br2N3O3. The lowest BCUT2D eigenvalue weighted by Crippen LogP contribution is -2.24. The number of nitro groups is 1. The Morgan fingerprint density at radius 1 is 0.966 bits per heavy atom. The molecule has 4 rings (SSSR count). The van der Waals surface area contributed by atoms with Crippen molar-refractivity contribution in [3.63, 3.8) is 0 Å². The average Bonchev–Trinajstić information content (AvgIpc) is 2.99. The number of aromatic nitrogens is 1. The van der Waals surface area contributed by atoms with Gasteiger partial charge in [0.05, 0.1) is 17.6 Å². The van der Waals surface area contributed by atoms with Crippen molar-refractivity contribution in [2.45, 2.75) is 12.6 Å². The van der Waals surface area contributed by atoms with Crippen LogP contribution in [0.4, 0.5) is 11.4 Å². The van der Waals surface area contributed by atoms with E-state index >= 15 is 0 Å². The Morgan fingerprint density at radius 3 is 2.03 bits per heavy atom. The van der Waals surface area contributed by atoms with Crippen LogP contribution in [0.2, 0.25) is 0 Å². The molecule has 0 saturated carbocycles. The Kier molecular flexibility index (Phi) is 5.58. The molecule has 1 heterocycles. The van der Waals surface area contributed by atoms with Crippen molar-refractivity contribution >= 4 is 65.0 Å². The first-order valence-corrected chi connectivity index (χ1v) is 10.5. The van der Waals surface area contributed by atoms with Crippen molar-refractivity contribution in [3.05, 3.63) is 79.7 Å². The number of aliphatic hydroxyl groups is 1. The Hall–Kier alpha value is -2.42. The van der Waals surface area contributed by atoms with Crippen LogP contribution >= 0.6 is 31.9 Å². The fourth-order valence-corrected chi connectivity index (χ4v) is 4.18. The van der Waals surface area contributed by atoms with E-state index in [0.29, 0.717) is 13.1 Å². The maximum Gasteiger partial charge on any atom is 0.269 e. The summed E-state index contributed by atoms with van der Waals surface area (Å²) in [7, 11) is 0. The second kappa shape index (κ2) is 8.14. The molecule has 0 amide bonds. The number of aliphatic hydroxyl groups excluding tert-OH is 1. The SMILES string of the molecule is O=[N+]([O-])c1ccc(NCC(O)Cn2c3ccc(Br)cc3c3cc(Br)ccc32)cc1. The first kappa shape index (κ1) is 19.9. The lowest BCUT2D eigenvalue weighted by Gasteiger charge is -2.15. The van der Waals surface area contributed by atoms with Crippen LogP contribution in [-0.4, -0.2) is 27.2 Å². The number of anilines is 1. The zero-order valence-electron chi connectivity index (χ0n) is 15.2. The van der Waals surface area contributed by atoms with Gasteiger partial charge in [-0.2, -0.15) is 0 Å². The summed E-state index contributed by atoms with van der Waals surface area (Å²) < 4.78 is 4.12. The minimum absolute atomic E-state index is 0.0405. The van der Waals surface area contributed by atoms with Crippen molar-refractivity contribution in [1.82, 2.24) is 4.57 Å². The number of rotatable bonds is 6. The quantitative estimate of drug-likeness (QED) is 0.253. The van der Waals surface area contributed by atoms with Crippen LogP contribution in [0.15, 0.2) is 69.6 Å². The van der Waals surface area contributed by atoms with Crippen LogP contribution in [-0.2, 0) is 6.54 Å². The first-order chi connectivity index (χ1) is 13.9. The number of non-ortho nitro benzene ring substituents is 1. The van der Waals surface area contributed by atoms with E-state index in [1.165, 1.54) is 12.1 Å². The lowest BCUT2D eigenvalue weighted by molar-refractivity contribution is -0.384. The van der Waals surface area contributed by atoms with Crippen LogP contribution in [0.5, 0.6) is 0 Å². The molecule has 0 aliphatic carbocycles. The number of nitrogens with zero attached hydrogens (tertiary/aromatic N) is 2. The van der Waals surface area contributed by atoms with Crippen molar-refractivity contribution in [2.24, 2.45) is 0 Å². The zero-order chi connectivity index (χ0) is 20.5.